The lowest BCUT2D eigenvalue weighted by Crippen LogP contribution is -2.67. The van der Waals surface area contributed by atoms with Gasteiger partial charge in [-0.3, -0.25) is 0 Å². The summed E-state index contributed by atoms with van der Waals surface area (Å²) in [7, 11) is 0. The van der Waals surface area contributed by atoms with Crippen molar-refractivity contribution in [3.05, 3.63) is 80.9 Å². The van der Waals surface area contributed by atoms with Gasteiger partial charge in [-0.05, 0) is 39.4 Å². The van der Waals surface area contributed by atoms with Crippen LogP contribution >= 0.6 is 0 Å². The number of nitro groups is 8. The highest BCUT2D eigenvalue weighted by molar-refractivity contribution is 6.74. The van der Waals surface area contributed by atoms with Gasteiger partial charge in [-0.1, -0.05) is 0 Å². The Bertz CT molecular complexity index is 1730. The third-order valence-electron chi connectivity index (χ3n) is 5.03. The van der Waals surface area contributed by atoms with Gasteiger partial charge >= 0.3 is 61.5 Å². The van der Waals surface area contributed by atoms with Crippen molar-refractivity contribution >= 4 is 61.5 Å². The first kappa shape index (κ1) is 30.3. The molecule has 0 saturated carbocycles. The van der Waals surface area contributed by atoms with Crippen LogP contribution in [-0.4, -0.2) is 108 Å². The zero-order chi connectivity index (χ0) is 33.7. The fourth-order valence-corrected chi connectivity index (χ4v) is 7.70. The second kappa shape index (κ2) is 10.3. The first-order valence-corrected chi connectivity index (χ1v) is 12.2. The highest BCUT2D eigenvalue weighted by Crippen LogP contribution is 2.33. The summed E-state index contributed by atoms with van der Waals surface area (Å²) in [4.78, 5) is 92.6. The van der Waals surface area contributed by atoms with E-state index in [1.165, 1.54) is 0 Å². The summed E-state index contributed by atoms with van der Waals surface area (Å²) in [5, 5.41) is 106. The van der Waals surface area contributed by atoms with Gasteiger partial charge in [-0.25, -0.2) is 14.7 Å². The van der Waals surface area contributed by atoms with Crippen molar-refractivity contribution in [3.8, 4) is 0 Å². The molecule has 4 aromatic rings. The molecule has 0 amide bonds. The molecule has 45 heavy (non-hydrogen) atoms. The van der Waals surface area contributed by atoms with E-state index in [0.29, 0.717) is 0 Å². The quantitative estimate of drug-likeness (QED) is 0.0844. The van der Waals surface area contributed by atoms with Crippen LogP contribution in [0.5, 0.6) is 0 Å². The molecule has 4 heterocycles. The van der Waals surface area contributed by atoms with E-state index in [2.05, 4.69) is 40.3 Å². The van der Waals surface area contributed by atoms with Gasteiger partial charge < -0.3 is 80.9 Å². The Morgan fingerprint density at radius 3 is 0.667 bits per heavy atom. The van der Waals surface area contributed by atoms with E-state index in [0.717, 1.165) is 0 Å². The van der Waals surface area contributed by atoms with Gasteiger partial charge in [0.05, 0.1) is 0 Å². The monoisotopic (exact) mass is 659 g/mol. The van der Waals surface area contributed by atoms with Crippen molar-refractivity contribution < 1.29 is 39.4 Å². The average Bonchev–Trinajstić information content (AvgIpc) is 3.73. The molecule has 0 spiro atoms. The number of rotatable bonds is 12. The van der Waals surface area contributed by atoms with Crippen molar-refractivity contribution in [2.75, 3.05) is 0 Å². The lowest BCUT2D eigenvalue weighted by Gasteiger charge is -2.15. The predicted octanol–water partition coefficient (Wildman–Crippen LogP) is -2.75. The van der Waals surface area contributed by atoms with E-state index < -0.39 is 116 Å². The summed E-state index contributed by atoms with van der Waals surface area (Å²) in [6.07, 6.45) is 0. The molecule has 4 aromatic heterocycles. The van der Waals surface area contributed by atoms with Crippen molar-refractivity contribution in [3.63, 3.8) is 0 Å². The molecule has 0 atom stereocenters. The van der Waals surface area contributed by atoms with E-state index in [1.807, 2.05) is 0 Å². The highest BCUT2D eigenvalue weighted by atomic mass is 27.3. The van der Waals surface area contributed by atoms with Crippen LogP contribution in [0.4, 0.5) is 47.6 Å². The third kappa shape index (κ3) is 4.60. The van der Waals surface area contributed by atoms with Gasteiger partial charge in [0.1, 0.15) is 0 Å². The van der Waals surface area contributed by atoms with Gasteiger partial charge in [0.2, 0.25) is 0 Å². The minimum Gasteiger partial charge on any atom is -0.390 e. The number of hydrogen-bond acceptors (Lipinski definition) is 24. The molecule has 0 N–H and O–H groups in total. The summed E-state index contributed by atoms with van der Waals surface area (Å²) in [6, 6.07) is 0. The van der Waals surface area contributed by atoms with Gasteiger partial charge in [0.15, 0.2) is 0 Å². The number of aromatic nitrogens is 12. The third-order valence-corrected chi connectivity index (χ3v) is 9.04. The topological polar surface area (TPSA) is 468 Å². The number of hydrogen-bond donors (Lipinski definition) is 0. The Morgan fingerprint density at radius 2 is 0.533 bits per heavy atom. The van der Waals surface area contributed by atoms with Crippen LogP contribution in [0, 0.1) is 80.9 Å². The van der Waals surface area contributed by atoms with Crippen LogP contribution < -0.4 is 0 Å². The standard InChI is InChI=1S/4C2N5O4.Al/c4*8-6(9)1-3-2(5-4-1)7(10)11;/q4*-1;+3. The molecule has 0 aliphatic heterocycles. The Hall–Kier alpha value is -7.71. The Labute approximate surface area is 237 Å². The second-order valence-electron chi connectivity index (χ2n) is 7.38. The van der Waals surface area contributed by atoms with Crippen molar-refractivity contribution in [1.29, 1.82) is 0 Å². The zero-order valence-corrected chi connectivity index (χ0v) is 21.2. The first-order chi connectivity index (χ1) is 20.9. The largest absolute Gasteiger partial charge is 1.22 e. The minimum atomic E-state index is -7.32. The van der Waals surface area contributed by atoms with E-state index in [1.54, 1.807) is 0 Å². The van der Waals surface area contributed by atoms with Crippen LogP contribution in [0.3, 0.4) is 0 Å². The van der Waals surface area contributed by atoms with Gasteiger partial charge in [-0.2, -0.15) is 0 Å². The molecular weight excluding hydrogens is 659 g/mol. The van der Waals surface area contributed by atoms with Crippen molar-refractivity contribution in [1.82, 2.24) is 55.0 Å². The van der Waals surface area contributed by atoms with Crippen LogP contribution in [0.15, 0.2) is 0 Å². The van der Waals surface area contributed by atoms with E-state index in [9.17, 15) is 80.9 Å². The van der Waals surface area contributed by atoms with E-state index in [-0.39, 0.29) is 0 Å². The summed E-state index contributed by atoms with van der Waals surface area (Å²) < 4.78 is -2.25. The lowest BCUT2D eigenvalue weighted by atomic mass is 11.0. The number of nitrogens with zero attached hydrogens (tertiary/aromatic N) is 20. The first-order valence-electron chi connectivity index (χ1n) is 10.1. The zero-order valence-electron chi connectivity index (χ0n) is 20.1. The highest BCUT2D eigenvalue weighted by Gasteiger charge is 2.90. The van der Waals surface area contributed by atoms with Crippen LogP contribution in [0.2, 0.25) is 0 Å². The molecule has 0 bridgehead atoms. The van der Waals surface area contributed by atoms with E-state index in [4.69, 9.17) is 0 Å². The summed E-state index contributed by atoms with van der Waals surface area (Å²) in [6.45, 7) is 0. The fraction of sp³-hybridized carbons (Fsp3) is 0. The average molecular weight is 659 g/mol. The lowest BCUT2D eigenvalue weighted by molar-refractivity contribution is -0.404. The smallest absolute Gasteiger partial charge is 0.390 e. The van der Waals surface area contributed by atoms with Crippen molar-refractivity contribution in [2.45, 2.75) is 0 Å². The van der Waals surface area contributed by atoms with Crippen LogP contribution in [0.25, 0.3) is 0 Å². The Balaban J connectivity index is 2.51. The maximum atomic E-state index is 12.0. The van der Waals surface area contributed by atoms with Crippen molar-refractivity contribution in [2.24, 2.45) is 0 Å². The fourth-order valence-electron chi connectivity index (χ4n) is 3.57. The van der Waals surface area contributed by atoms with Gasteiger partial charge in [-0.15, -0.1) is 0 Å². The Kier molecular flexibility index (Phi) is 6.92. The summed E-state index contributed by atoms with van der Waals surface area (Å²) in [5.74, 6) is -15.5. The summed E-state index contributed by atoms with van der Waals surface area (Å²) in [5.41, 5.74) is 0. The SMILES string of the molecule is O=[N+]([O-])c1nc([N+](=O)[O-])[n]([Al-]([n]2nc([N+](=O)[O-])nc2[N+](=O)[O-])([n]2nc([N+](=O)[O-])nc2[N+](=O)[O-])[n]2nc([N+](=O)[O-])nc2[N+](=O)[O-])n1. The molecule has 0 aliphatic rings. The molecule has 0 fully saturated rings. The second-order valence-corrected chi connectivity index (χ2v) is 10.7. The molecule has 0 aliphatic carbocycles. The van der Waals surface area contributed by atoms with Crippen LogP contribution in [0.1, 0.15) is 0 Å². The molecule has 0 radical (unpaired) electrons. The molecule has 36 nitrogen and oxygen atoms in total. The van der Waals surface area contributed by atoms with Crippen LogP contribution in [-0.2, 0) is 0 Å². The molecular formula is C8AlN20O16-. The molecule has 0 unspecified atom stereocenters. The maximum Gasteiger partial charge on any atom is 1.22 e. The Morgan fingerprint density at radius 1 is 0.356 bits per heavy atom. The van der Waals surface area contributed by atoms with E-state index >= 15 is 0 Å². The van der Waals surface area contributed by atoms with Gasteiger partial charge in [0, 0.05) is 40.3 Å². The normalized spacial score (nSPS) is 11.2. The van der Waals surface area contributed by atoms with Gasteiger partial charge in [0.25, 0.3) is 0 Å². The minimum absolute atomic E-state index is 0.562. The predicted molar refractivity (Wildman–Crippen MR) is 121 cm³/mol. The molecule has 0 aromatic carbocycles. The molecule has 4 rings (SSSR count). The molecule has 37 heteroatoms. The maximum absolute atomic E-state index is 12.0. The molecule has 232 valence electrons. The molecule has 0 saturated heterocycles. The summed E-state index contributed by atoms with van der Waals surface area (Å²) >= 11 is -7.32.